The normalized spacial score (nSPS) is 20.1. The molecule has 1 aliphatic carbocycles. The van der Waals surface area contributed by atoms with E-state index in [4.69, 9.17) is 0 Å². The summed E-state index contributed by atoms with van der Waals surface area (Å²) in [4.78, 5) is 0.270. The number of halogens is 4. The van der Waals surface area contributed by atoms with Crippen LogP contribution in [0, 0.1) is 0 Å². The summed E-state index contributed by atoms with van der Waals surface area (Å²) in [7, 11) is -3.53. The highest BCUT2D eigenvalue weighted by Crippen LogP contribution is 2.58. The van der Waals surface area contributed by atoms with Gasteiger partial charge in [-0.2, -0.15) is 17.5 Å². The van der Waals surface area contributed by atoms with Gasteiger partial charge < -0.3 is 5.32 Å². The van der Waals surface area contributed by atoms with Crippen molar-refractivity contribution >= 4 is 31.6 Å². The summed E-state index contributed by atoms with van der Waals surface area (Å²) < 4.78 is 67.6. The highest BCUT2D eigenvalue weighted by Gasteiger charge is 2.64. The average Bonchev–Trinajstić information content (AvgIpc) is 3.51. The molecule has 2 aliphatic rings. The van der Waals surface area contributed by atoms with Gasteiger partial charge in [0.15, 0.2) is 0 Å². The lowest BCUT2D eigenvalue weighted by Crippen LogP contribution is -2.42. The maximum atomic E-state index is 13.3. The van der Waals surface area contributed by atoms with Gasteiger partial charge in [-0.25, -0.2) is 8.42 Å². The molecule has 0 radical (unpaired) electrons. The van der Waals surface area contributed by atoms with Gasteiger partial charge in [-0.05, 0) is 67.6 Å². The molecule has 2 fully saturated rings. The Morgan fingerprint density at radius 1 is 0.967 bits per heavy atom. The number of nitrogens with zero attached hydrogens (tertiary/aromatic N) is 1. The fourth-order valence-corrected chi connectivity index (χ4v) is 5.71. The molecule has 1 heterocycles. The van der Waals surface area contributed by atoms with Crippen molar-refractivity contribution in [2.45, 2.75) is 48.2 Å². The molecular formula is C21H22BrF3N2O2S. The van der Waals surface area contributed by atoms with E-state index in [2.05, 4.69) is 21.2 Å². The van der Waals surface area contributed by atoms with Crippen LogP contribution in [0.1, 0.15) is 31.2 Å². The van der Waals surface area contributed by atoms with Gasteiger partial charge in [0, 0.05) is 29.3 Å². The molecule has 0 bridgehead atoms. The average molecular weight is 503 g/mol. The predicted octanol–water partition coefficient (Wildman–Crippen LogP) is 5.31. The van der Waals surface area contributed by atoms with Crippen LogP contribution in [-0.2, 0) is 15.4 Å². The first-order valence-corrected chi connectivity index (χ1v) is 12.0. The van der Waals surface area contributed by atoms with E-state index >= 15 is 0 Å². The molecule has 9 heteroatoms. The van der Waals surface area contributed by atoms with Crippen LogP contribution in [0.5, 0.6) is 0 Å². The largest absolute Gasteiger partial charge is 0.398 e. The number of benzene rings is 2. The van der Waals surface area contributed by atoms with Crippen molar-refractivity contribution < 1.29 is 21.6 Å². The summed E-state index contributed by atoms with van der Waals surface area (Å²) in [6.07, 6.45) is -2.66. The molecule has 2 aromatic rings. The number of nitrogens with one attached hydrogen (secondary N) is 1. The van der Waals surface area contributed by atoms with Crippen molar-refractivity contribution in [2.24, 2.45) is 0 Å². The highest BCUT2D eigenvalue weighted by molar-refractivity contribution is 9.10. The summed E-state index contributed by atoms with van der Waals surface area (Å²) in [5, 5.41) is 3.33. The zero-order valence-corrected chi connectivity index (χ0v) is 18.5. The van der Waals surface area contributed by atoms with Crippen LogP contribution in [0.3, 0.4) is 0 Å². The number of rotatable bonds is 5. The fraction of sp³-hybridized carbons (Fsp3) is 0.429. The van der Waals surface area contributed by atoms with Gasteiger partial charge >= 0.3 is 6.18 Å². The summed E-state index contributed by atoms with van der Waals surface area (Å²) in [5.74, 6) is 0. The molecule has 0 atom stereocenters. The maximum absolute atomic E-state index is 13.3. The first-order valence-electron chi connectivity index (χ1n) is 9.81. The van der Waals surface area contributed by atoms with Gasteiger partial charge in [0.2, 0.25) is 10.0 Å². The van der Waals surface area contributed by atoms with Crippen molar-refractivity contribution in [3.8, 4) is 0 Å². The van der Waals surface area contributed by atoms with Crippen LogP contribution in [-0.4, -0.2) is 38.0 Å². The molecule has 0 unspecified atom stereocenters. The highest BCUT2D eigenvalue weighted by atomic mass is 79.9. The van der Waals surface area contributed by atoms with E-state index in [-0.39, 0.29) is 23.8 Å². The minimum absolute atomic E-state index is 0.0738. The Balaban J connectivity index is 1.36. The molecule has 1 saturated heterocycles. The second-order valence-corrected chi connectivity index (χ2v) is 10.8. The Labute approximate surface area is 182 Å². The van der Waals surface area contributed by atoms with E-state index in [1.807, 2.05) is 0 Å². The van der Waals surface area contributed by atoms with Gasteiger partial charge in [0.25, 0.3) is 0 Å². The summed E-state index contributed by atoms with van der Waals surface area (Å²) in [5.41, 5.74) is -0.597. The van der Waals surface area contributed by atoms with Gasteiger partial charge in [-0.15, -0.1) is 0 Å². The first kappa shape index (κ1) is 21.6. The molecule has 2 aromatic carbocycles. The Morgan fingerprint density at radius 2 is 1.53 bits per heavy atom. The summed E-state index contributed by atoms with van der Waals surface area (Å²) in [6.45, 7) is 0.788. The lowest BCUT2D eigenvalue weighted by atomic mass is 9.95. The standard InChI is InChI=1S/C21H22BrF3N2O2S/c22-16-3-7-19(8-4-16)30(28,29)27-13-9-18(10-14-27)26-17-5-1-15(2-6-17)20(11-12-20)21(23,24)25/h1-8,18,26H,9-14H2. The zero-order chi connectivity index (χ0) is 21.6. The maximum Gasteiger partial charge on any atom is 0.398 e. The fourth-order valence-electron chi connectivity index (χ4n) is 3.98. The molecule has 4 nitrogen and oxygen atoms in total. The Bertz CT molecular complexity index is 996. The first-order chi connectivity index (χ1) is 14.1. The molecule has 1 aliphatic heterocycles. The summed E-state index contributed by atoms with van der Waals surface area (Å²) in [6, 6.07) is 13.1. The minimum Gasteiger partial charge on any atom is -0.382 e. The number of alkyl halides is 3. The molecular weight excluding hydrogens is 481 g/mol. The van der Waals surface area contributed by atoms with E-state index < -0.39 is 21.6 Å². The molecule has 1 saturated carbocycles. The van der Waals surface area contributed by atoms with E-state index in [1.54, 1.807) is 48.5 Å². The van der Waals surface area contributed by atoms with E-state index in [1.165, 1.54) is 4.31 Å². The lowest BCUT2D eigenvalue weighted by Gasteiger charge is -2.32. The molecule has 4 rings (SSSR count). The Hall–Kier alpha value is -1.58. The minimum atomic E-state index is -4.21. The molecule has 30 heavy (non-hydrogen) atoms. The van der Waals surface area contributed by atoms with Crippen molar-refractivity contribution in [2.75, 3.05) is 18.4 Å². The number of hydrogen-bond acceptors (Lipinski definition) is 3. The van der Waals surface area contributed by atoms with Crippen molar-refractivity contribution in [3.05, 3.63) is 58.6 Å². The predicted molar refractivity (Wildman–Crippen MR) is 113 cm³/mol. The second-order valence-electron chi connectivity index (χ2n) is 7.93. The third-order valence-corrected chi connectivity index (χ3v) is 8.45. The van der Waals surface area contributed by atoms with Crippen molar-refractivity contribution in [3.63, 3.8) is 0 Å². The molecule has 162 valence electrons. The van der Waals surface area contributed by atoms with Gasteiger partial charge in [-0.1, -0.05) is 28.1 Å². The Kier molecular flexibility index (Phi) is 5.65. The van der Waals surface area contributed by atoms with E-state index in [0.29, 0.717) is 31.5 Å². The lowest BCUT2D eigenvalue weighted by molar-refractivity contribution is -0.160. The van der Waals surface area contributed by atoms with Crippen LogP contribution in [0.2, 0.25) is 0 Å². The smallest absolute Gasteiger partial charge is 0.382 e. The third-order valence-electron chi connectivity index (χ3n) is 6.01. The topological polar surface area (TPSA) is 49.4 Å². The second kappa shape index (κ2) is 7.84. The zero-order valence-electron chi connectivity index (χ0n) is 16.1. The van der Waals surface area contributed by atoms with Crippen LogP contribution in [0.15, 0.2) is 57.9 Å². The van der Waals surface area contributed by atoms with Crippen LogP contribution in [0.25, 0.3) is 0 Å². The van der Waals surface area contributed by atoms with Gasteiger partial charge in [0.1, 0.15) is 0 Å². The van der Waals surface area contributed by atoms with Gasteiger partial charge in [-0.3, -0.25) is 0 Å². The van der Waals surface area contributed by atoms with Crippen molar-refractivity contribution in [1.82, 2.24) is 4.31 Å². The molecule has 0 amide bonds. The molecule has 0 aromatic heterocycles. The van der Waals surface area contributed by atoms with Gasteiger partial charge in [0.05, 0.1) is 10.3 Å². The molecule has 1 N–H and O–H groups in total. The molecule has 0 spiro atoms. The SMILES string of the molecule is O=S(=O)(c1ccc(Br)cc1)N1CCC(Nc2ccc(C3(C(F)(F)F)CC3)cc2)CC1. The van der Waals surface area contributed by atoms with Crippen molar-refractivity contribution in [1.29, 1.82) is 0 Å². The van der Waals surface area contributed by atoms with Crippen LogP contribution >= 0.6 is 15.9 Å². The van der Waals surface area contributed by atoms with E-state index in [9.17, 15) is 21.6 Å². The Morgan fingerprint density at radius 3 is 2.03 bits per heavy atom. The third kappa shape index (κ3) is 4.11. The summed E-state index contributed by atoms with van der Waals surface area (Å²) >= 11 is 3.30. The van der Waals surface area contributed by atoms with E-state index in [0.717, 1.165) is 10.2 Å². The number of sulfonamides is 1. The van der Waals surface area contributed by atoms with Crippen LogP contribution < -0.4 is 5.32 Å². The monoisotopic (exact) mass is 502 g/mol. The number of hydrogen-bond donors (Lipinski definition) is 1. The quantitative estimate of drug-likeness (QED) is 0.602. The number of anilines is 1. The van der Waals surface area contributed by atoms with Crippen LogP contribution in [0.4, 0.5) is 18.9 Å². The number of piperidine rings is 1.